The van der Waals surface area contributed by atoms with Gasteiger partial charge in [-0.15, -0.1) is 0 Å². The molecule has 0 N–H and O–H groups in total. The van der Waals surface area contributed by atoms with Crippen molar-refractivity contribution in [3.8, 4) is 11.4 Å². The molecular formula is C23H24FN3O2. The summed E-state index contributed by atoms with van der Waals surface area (Å²) in [7, 11) is 1.50. The number of Topliss-reactive ketones (excluding diaryl/α,β-unsaturated/α-hetero) is 1. The Kier molecular flexibility index (Phi) is 5.71. The van der Waals surface area contributed by atoms with E-state index < -0.39 is 5.82 Å². The van der Waals surface area contributed by atoms with E-state index in [-0.39, 0.29) is 11.7 Å². The number of methoxy groups -OCH3 is 1. The largest absolute Gasteiger partial charge is 0.496 e. The summed E-state index contributed by atoms with van der Waals surface area (Å²) in [6.07, 6.45) is 5.42. The number of benzene rings is 2. The molecule has 0 unspecified atom stereocenters. The normalized spacial score (nSPS) is 17.2. The monoisotopic (exact) mass is 393 g/mol. The van der Waals surface area contributed by atoms with Gasteiger partial charge in [-0.2, -0.15) is 5.10 Å². The molecule has 2 heterocycles. The Morgan fingerprint density at radius 1 is 1.24 bits per heavy atom. The maximum atomic E-state index is 13.7. The molecule has 0 aliphatic carbocycles. The molecule has 29 heavy (non-hydrogen) atoms. The number of ketones is 1. The molecule has 1 saturated heterocycles. The maximum Gasteiger partial charge on any atom is 0.171 e. The topological polar surface area (TPSA) is 47.4 Å². The second-order valence-electron chi connectivity index (χ2n) is 7.40. The smallest absolute Gasteiger partial charge is 0.171 e. The van der Waals surface area contributed by atoms with Crippen LogP contribution in [0.3, 0.4) is 0 Å². The lowest BCUT2D eigenvalue weighted by Crippen LogP contribution is -2.38. The minimum Gasteiger partial charge on any atom is -0.496 e. The first-order valence-electron chi connectivity index (χ1n) is 9.83. The van der Waals surface area contributed by atoms with Gasteiger partial charge in [-0.25, -0.2) is 9.07 Å². The molecule has 150 valence electrons. The predicted octanol–water partition coefficient (Wildman–Crippen LogP) is 4.11. The van der Waals surface area contributed by atoms with Gasteiger partial charge in [0.25, 0.3) is 0 Å². The first kappa shape index (κ1) is 19.3. The first-order valence-corrected chi connectivity index (χ1v) is 9.83. The number of aromatic nitrogens is 2. The molecule has 4 rings (SSSR count). The number of hydrogen-bond acceptors (Lipinski definition) is 4. The summed E-state index contributed by atoms with van der Waals surface area (Å²) < 4.78 is 20.8. The van der Waals surface area contributed by atoms with Gasteiger partial charge in [-0.3, -0.25) is 9.69 Å². The van der Waals surface area contributed by atoms with Crippen LogP contribution in [0.5, 0.6) is 5.75 Å². The number of rotatable bonds is 6. The van der Waals surface area contributed by atoms with Crippen molar-refractivity contribution in [3.05, 3.63) is 77.9 Å². The van der Waals surface area contributed by atoms with Gasteiger partial charge in [-0.05, 0) is 61.3 Å². The van der Waals surface area contributed by atoms with Crippen molar-refractivity contribution in [2.45, 2.75) is 19.4 Å². The van der Waals surface area contributed by atoms with Crippen molar-refractivity contribution in [3.63, 3.8) is 0 Å². The number of nitrogens with zero attached hydrogens (tertiary/aromatic N) is 3. The summed E-state index contributed by atoms with van der Waals surface area (Å²) in [5, 5.41) is 4.28. The molecule has 0 radical (unpaired) electrons. The van der Waals surface area contributed by atoms with Crippen molar-refractivity contribution in [2.75, 3.05) is 20.2 Å². The summed E-state index contributed by atoms with van der Waals surface area (Å²) in [6.45, 7) is 2.36. The summed E-state index contributed by atoms with van der Waals surface area (Å²) in [5.74, 6) is -0.192. The quantitative estimate of drug-likeness (QED) is 0.591. The number of piperidine rings is 1. The molecule has 0 bridgehead atoms. The van der Waals surface area contributed by atoms with E-state index >= 15 is 0 Å². The van der Waals surface area contributed by atoms with E-state index in [4.69, 9.17) is 4.74 Å². The van der Waals surface area contributed by atoms with Crippen LogP contribution in [-0.4, -0.2) is 40.7 Å². The summed E-state index contributed by atoms with van der Waals surface area (Å²) in [5.41, 5.74) is 2.52. The molecule has 0 spiro atoms. The van der Waals surface area contributed by atoms with Gasteiger partial charge in [0.05, 0.1) is 18.4 Å². The molecule has 1 aromatic heterocycles. The number of hydrogen-bond donors (Lipinski definition) is 0. The molecule has 1 fully saturated rings. The molecule has 6 heteroatoms. The fourth-order valence-corrected chi connectivity index (χ4v) is 3.98. The molecule has 1 aliphatic rings. The van der Waals surface area contributed by atoms with Gasteiger partial charge in [0.15, 0.2) is 5.78 Å². The summed E-state index contributed by atoms with van der Waals surface area (Å²) in [4.78, 5) is 15.3. The zero-order valence-corrected chi connectivity index (χ0v) is 16.4. The van der Waals surface area contributed by atoms with E-state index in [9.17, 15) is 9.18 Å². The SMILES string of the molecule is COc1ccc(F)cc1C(=O)[C@H]1CCCN(Cc2cccc(-n3cccn3)c2)C1. The van der Waals surface area contributed by atoms with Crippen molar-refractivity contribution in [1.29, 1.82) is 0 Å². The Morgan fingerprint density at radius 2 is 2.14 bits per heavy atom. The summed E-state index contributed by atoms with van der Waals surface area (Å²) in [6, 6.07) is 14.3. The molecule has 1 aliphatic heterocycles. The maximum absolute atomic E-state index is 13.7. The van der Waals surface area contributed by atoms with Crippen LogP contribution in [0, 0.1) is 11.7 Å². The van der Waals surface area contributed by atoms with E-state index in [1.807, 2.05) is 29.1 Å². The average Bonchev–Trinajstić information content (AvgIpc) is 3.29. The lowest BCUT2D eigenvalue weighted by atomic mass is 9.89. The Morgan fingerprint density at radius 3 is 2.93 bits per heavy atom. The number of ether oxygens (including phenoxy) is 1. The Bertz CT molecular complexity index is 988. The highest BCUT2D eigenvalue weighted by molar-refractivity contribution is 6.00. The second kappa shape index (κ2) is 8.57. The molecule has 3 aromatic rings. The van der Waals surface area contributed by atoms with Gasteiger partial charge in [-0.1, -0.05) is 12.1 Å². The van der Waals surface area contributed by atoms with E-state index in [1.54, 1.807) is 6.20 Å². The van der Waals surface area contributed by atoms with E-state index in [1.165, 1.54) is 30.9 Å². The minimum atomic E-state index is -0.419. The second-order valence-corrected chi connectivity index (χ2v) is 7.40. The van der Waals surface area contributed by atoms with Crippen LogP contribution in [0.1, 0.15) is 28.8 Å². The molecule has 2 aromatic carbocycles. The van der Waals surface area contributed by atoms with Gasteiger partial charge in [0, 0.05) is 31.4 Å². The highest BCUT2D eigenvalue weighted by Crippen LogP contribution is 2.27. The Balaban J connectivity index is 1.47. The zero-order valence-electron chi connectivity index (χ0n) is 16.4. The average molecular weight is 393 g/mol. The van der Waals surface area contributed by atoms with Gasteiger partial charge in [0.1, 0.15) is 11.6 Å². The van der Waals surface area contributed by atoms with E-state index in [2.05, 4.69) is 22.1 Å². The minimum absolute atomic E-state index is 0.0451. The lowest BCUT2D eigenvalue weighted by molar-refractivity contribution is 0.0808. The Labute approximate surface area is 169 Å². The van der Waals surface area contributed by atoms with Crippen LogP contribution in [0.25, 0.3) is 5.69 Å². The van der Waals surface area contributed by atoms with Crippen LogP contribution in [0.15, 0.2) is 60.9 Å². The van der Waals surface area contributed by atoms with Crippen molar-refractivity contribution in [1.82, 2.24) is 14.7 Å². The number of carbonyl (C=O) groups is 1. The first-order chi connectivity index (χ1) is 14.1. The fraction of sp³-hybridized carbons (Fsp3) is 0.304. The van der Waals surface area contributed by atoms with E-state index in [0.29, 0.717) is 17.9 Å². The zero-order chi connectivity index (χ0) is 20.2. The van der Waals surface area contributed by atoms with E-state index in [0.717, 1.165) is 31.6 Å². The van der Waals surface area contributed by atoms with Gasteiger partial charge >= 0.3 is 0 Å². The molecule has 0 saturated carbocycles. The molecule has 1 atom stereocenters. The van der Waals surface area contributed by atoms with Gasteiger partial charge < -0.3 is 4.74 Å². The van der Waals surface area contributed by atoms with Crippen LogP contribution in [-0.2, 0) is 6.54 Å². The van der Waals surface area contributed by atoms with Crippen LogP contribution < -0.4 is 4.74 Å². The fourth-order valence-electron chi connectivity index (χ4n) is 3.98. The number of likely N-dealkylation sites (tertiary alicyclic amines) is 1. The summed E-state index contributed by atoms with van der Waals surface area (Å²) >= 11 is 0. The van der Waals surface area contributed by atoms with Crippen LogP contribution in [0.4, 0.5) is 4.39 Å². The highest BCUT2D eigenvalue weighted by atomic mass is 19.1. The Hall–Kier alpha value is -2.99. The highest BCUT2D eigenvalue weighted by Gasteiger charge is 2.28. The third-order valence-electron chi connectivity index (χ3n) is 5.39. The molecule has 0 amide bonds. The van der Waals surface area contributed by atoms with Crippen molar-refractivity contribution < 1.29 is 13.9 Å². The lowest BCUT2D eigenvalue weighted by Gasteiger charge is -2.32. The van der Waals surface area contributed by atoms with Crippen molar-refractivity contribution in [2.24, 2.45) is 5.92 Å². The number of carbonyl (C=O) groups excluding carboxylic acids is 1. The van der Waals surface area contributed by atoms with Crippen LogP contribution in [0.2, 0.25) is 0 Å². The van der Waals surface area contributed by atoms with Gasteiger partial charge in [0.2, 0.25) is 0 Å². The van der Waals surface area contributed by atoms with Crippen molar-refractivity contribution >= 4 is 5.78 Å². The standard InChI is InChI=1S/C23H24FN3O2/c1-29-22-9-8-19(24)14-21(22)23(28)18-6-3-11-26(16-18)15-17-5-2-7-20(13-17)27-12-4-10-25-27/h2,4-5,7-10,12-14,18H,3,6,11,15-16H2,1H3/t18-/m0/s1. The van der Waals surface area contributed by atoms with Crippen LogP contribution >= 0.6 is 0 Å². The molecule has 5 nitrogen and oxygen atoms in total. The number of halogens is 1. The molecular weight excluding hydrogens is 369 g/mol. The third-order valence-corrected chi connectivity index (χ3v) is 5.39. The predicted molar refractivity (Wildman–Crippen MR) is 109 cm³/mol. The third kappa shape index (κ3) is 4.38.